The largest absolute Gasteiger partial charge is 0.480 e. The number of carboxylic acids is 2. The molecule has 102 valence electrons. The van der Waals surface area contributed by atoms with Crippen molar-refractivity contribution in [3.63, 3.8) is 0 Å². The van der Waals surface area contributed by atoms with Crippen LogP contribution in [0.15, 0.2) is 0 Å². The lowest BCUT2D eigenvalue weighted by Gasteiger charge is -2.09. The first kappa shape index (κ1) is 18.5. The Hall–Kier alpha value is -0.890. The molecule has 0 saturated heterocycles. The maximum absolute atomic E-state index is 10.4. The van der Waals surface area contributed by atoms with Gasteiger partial charge in [-0.05, 0) is 19.4 Å². The summed E-state index contributed by atoms with van der Waals surface area (Å²) >= 11 is 0. The highest BCUT2D eigenvalue weighted by molar-refractivity contribution is 5.85. The van der Waals surface area contributed by atoms with Crippen LogP contribution in [0.1, 0.15) is 19.3 Å². The van der Waals surface area contributed by atoms with Gasteiger partial charge in [0.1, 0.15) is 12.1 Å². The molecule has 0 spiro atoms. The SMILES string of the molecule is Cl.NC(CCCCNCC(N)C(=O)O)C(=O)O. The third-order valence-corrected chi connectivity index (χ3v) is 2.12. The van der Waals surface area contributed by atoms with Crippen LogP contribution in [0.2, 0.25) is 0 Å². The maximum atomic E-state index is 10.4. The van der Waals surface area contributed by atoms with Gasteiger partial charge >= 0.3 is 11.9 Å². The van der Waals surface area contributed by atoms with Crippen molar-refractivity contribution in [3.8, 4) is 0 Å². The van der Waals surface area contributed by atoms with Gasteiger partial charge in [-0.25, -0.2) is 0 Å². The second kappa shape index (κ2) is 10.3. The second-order valence-corrected chi connectivity index (χ2v) is 3.59. The van der Waals surface area contributed by atoms with Gasteiger partial charge in [-0.1, -0.05) is 6.42 Å². The van der Waals surface area contributed by atoms with Crippen molar-refractivity contribution in [3.05, 3.63) is 0 Å². The van der Waals surface area contributed by atoms with Gasteiger partial charge in [0.2, 0.25) is 0 Å². The normalized spacial score (nSPS) is 13.5. The Morgan fingerprint density at radius 1 is 1.06 bits per heavy atom. The summed E-state index contributed by atoms with van der Waals surface area (Å²) in [6.45, 7) is 0.813. The summed E-state index contributed by atoms with van der Waals surface area (Å²) in [6.07, 6.45) is 1.85. The van der Waals surface area contributed by atoms with Crippen LogP contribution in [0.25, 0.3) is 0 Å². The van der Waals surface area contributed by atoms with Crippen molar-refractivity contribution >= 4 is 24.3 Å². The summed E-state index contributed by atoms with van der Waals surface area (Å²) in [7, 11) is 0. The van der Waals surface area contributed by atoms with Gasteiger partial charge in [0.15, 0.2) is 0 Å². The van der Waals surface area contributed by atoms with E-state index >= 15 is 0 Å². The minimum absolute atomic E-state index is 0. The molecular formula is C9H20ClN3O4. The van der Waals surface area contributed by atoms with Crippen LogP contribution in [0.5, 0.6) is 0 Å². The molecule has 0 heterocycles. The first-order valence-electron chi connectivity index (χ1n) is 5.12. The topological polar surface area (TPSA) is 139 Å². The molecule has 0 radical (unpaired) electrons. The summed E-state index contributed by atoms with van der Waals surface area (Å²) in [5.41, 5.74) is 10.6. The third kappa shape index (κ3) is 10.0. The molecular weight excluding hydrogens is 250 g/mol. The lowest BCUT2D eigenvalue weighted by Crippen LogP contribution is -2.40. The van der Waals surface area contributed by atoms with Gasteiger partial charge in [0.05, 0.1) is 0 Å². The van der Waals surface area contributed by atoms with E-state index in [9.17, 15) is 9.59 Å². The molecule has 0 aromatic carbocycles. The average Bonchev–Trinajstić information content (AvgIpc) is 2.21. The number of nitrogens with one attached hydrogen (secondary N) is 1. The van der Waals surface area contributed by atoms with Crippen molar-refractivity contribution in [2.24, 2.45) is 11.5 Å². The molecule has 0 saturated carbocycles. The zero-order valence-corrected chi connectivity index (χ0v) is 10.3. The van der Waals surface area contributed by atoms with E-state index in [0.717, 1.165) is 6.42 Å². The highest BCUT2D eigenvalue weighted by Gasteiger charge is 2.11. The summed E-state index contributed by atoms with van der Waals surface area (Å²) in [4.78, 5) is 20.7. The highest BCUT2D eigenvalue weighted by Crippen LogP contribution is 1.98. The third-order valence-electron chi connectivity index (χ3n) is 2.12. The number of unbranched alkanes of at least 4 members (excludes halogenated alkanes) is 1. The minimum atomic E-state index is -1.04. The standard InChI is InChI=1S/C9H19N3O4.ClH/c10-6(8(13)14)3-1-2-4-12-5-7(11)9(15)16;/h6-7,12H,1-5,10-11H2,(H,13,14)(H,15,16);1H. The Labute approximate surface area is 106 Å². The van der Waals surface area contributed by atoms with E-state index in [2.05, 4.69) is 5.32 Å². The first-order valence-corrected chi connectivity index (χ1v) is 5.12. The van der Waals surface area contributed by atoms with Crippen LogP contribution in [0.3, 0.4) is 0 Å². The van der Waals surface area contributed by atoms with E-state index in [1.807, 2.05) is 0 Å². The van der Waals surface area contributed by atoms with E-state index in [1.54, 1.807) is 0 Å². The molecule has 0 bridgehead atoms. The summed E-state index contributed by atoms with van der Waals surface area (Å²) in [6, 6.07) is -1.72. The fourth-order valence-electron chi connectivity index (χ4n) is 1.08. The Bertz CT molecular complexity index is 216. The number of aliphatic carboxylic acids is 2. The quantitative estimate of drug-likeness (QED) is 0.338. The molecule has 7 nitrogen and oxygen atoms in total. The monoisotopic (exact) mass is 269 g/mol. The van der Waals surface area contributed by atoms with Crippen LogP contribution >= 0.6 is 12.4 Å². The van der Waals surface area contributed by atoms with Gasteiger partial charge in [-0.3, -0.25) is 9.59 Å². The molecule has 8 heteroatoms. The van der Waals surface area contributed by atoms with Gasteiger partial charge in [-0.2, -0.15) is 0 Å². The molecule has 0 aromatic heterocycles. The fraction of sp³-hybridized carbons (Fsp3) is 0.778. The number of carboxylic acid groups (broad SMARTS) is 2. The number of rotatable bonds is 9. The van der Waals surface area contributed by atoms with Crippen LogP contribution < -0.4 is 16.8 Å². The van der Waals surface area contributed by atoms with E-state index in [0.29, 0.717) is 19.4 Å². The molecule has 0 aliphatic rings. The van der Waals surface area contributed by atoms with Gasteiger partial charge in [0, 0.05) is 6.54 Å². The lowest BCUT2D eigenvalue weighted by molar-refractivity contribution is -0.139. The van der Waals surface area contributed by atoms with Crippen LogP contribution in [0.4, 0.5) is 0 Å². The molecule has 0 amide bonds. The molecule has 0 aliphatic carbocycles. The Morgan fingerprint density at radius 3 is 2.06 bits per heavy atom. The predicted molar refractivity (Wildman–Crippen MR) is 65.2 cm³/mol. The smallest absolute Gasteiger partial charge is 0.321 e. The van der Waals surface area contributed by atoms with Crippen molar-refractivity contribution in [1.82, 2.24) is 5.32 Å². The van der Waals surface area contributed by atoms with E-state index in [4.69, 9.17) is 21.7 Å². The van der Waals surface area contributed by atoms with E-state index < -0.39 is 24.0 Å². The van der Waals surface area contributed by atoms with Crippen molar-refractivity contribution in [2.75, 3.05) is 13.1 Å². The van der Waals surface area contributed by atoms with Gasteiger partial charge < -0.3 is 27.0 Å². The van der Waals surface area contributed by atoms with E-state index in [-0.39, 0.29) is 19.0 Å². The number of hydrogen-bond donors (Lipinski definition) is 5. The van der Waals surface area contributed by atoms with Crippen molar-refractivity contribution < 1.29 is 19.8 Å². The van der Waals surface area contributed by atoms with Gasteiger partial charge in [-0.15, -0.1) is 12.4 Å². The number of carbonyl (C=O) groups is 2. The lowest BCUT2D eigenvalue weighted by atomic mass is 10.1. The second-order valence-electron chi connectivity index (χ2n) is 3.59. The number of hydrogen-bond acceptors (Lipinski definition) is 5. The fourth-order valence-corrected chi connectivity index (χ4v) is 1.08. The molecule has 7 N–H and O–H groups in total. The molecule has 0 rings (SSSR count). The first-order chi connectivity index (χ1) is 7.45. The molecule has 17 heavy (non-hydrogen) atoms. The van der Waals surface area contributed by atoms with Crippen LogP contribution in [-0.2, 0) is 9.59 Å². The number of halogens is 1. The minimum Gasteiger partial charge on any atom is -0.480 e. The molecule has 0 aliphatic heterocycles. The zero-order valence-electron chi connectivity index (χ0n) is 9.46. The van der Waals surface area contributed by atoms with Crippen molar-refractivity contribution in [2.45, 2.75) is 31.3 Å². The number of nitrogens with two attached hydrogens (primary N) is 2. The Balaban J connectivity index is 0. The van der Waals surface area contributed by atoms with Crippen LogP contribution in [0, 0.1) is 0 Å². The maximum Gasteiger partial charge on any atom is 0.321 e. The van der Waals surface area contributed by atoms with Crippen molar-refractivity contribution in [1.29, 1.82) is 0 Å². The Kier molecular flexibility index (Phi) is 11.2. The Morgan fingerprint density at radius 2 is 1.59 bits per heavy atom. The average molecular weight is 270 g/mol. The summed E-state index contributed by atoms with van der Waals surface area (Å²) in [5, 5.41) is 19.8. The molecule has 0 fully saturated rings. The highest BCUT2D eigenvalue weighted by atomic mass is 35.5. The van der Waals surface area contributed by atoms with E-state index in [1.165, 1.54) is 0 Å². The molecule has 2 unspecified atom stereocenters. The van der Waals surface area contributed by atoms with Crippen LogP contribution in [-0.4, -0.2) is 47.3 Å². The molecule has 2 atom stereocenters. The van der Waals surface area contributed by atoms with Gasteiger partial charge in [0.25, 0.3) is 0 Å². The molecule has 0 aromatic rings. The zero-order chi connectivity index (χ0) is 12.6. The predicted octanol–water partition coefficient (Wildman–Crippen LogP) is -1.01. The summed E-state index contributed by atoms with van der Waals surface area (Å²) in [5.74, 6) is -2.04. The summed E-state index contributed by atoms with van der Waals surface area (Å²) < 4.78 is 0.